The molecule has 1 aliphatic heterocycles. The SMILES string of the molecule is CC1CN(C(=O)c2ccc(C(F)(F)F)cc2)C(C)CN1. The summed E-state index contributed by atoms with van der Waals surface area (Å²) in [4.78, 5) is 14.0. The molecule has 0 aliphatic carbocycles. The molecule has 2 atom stereocenters. The number of halogens is 3. The highest BCUT2D eigenvalue weighted by Crippen LogP contribution is 2.29. The second-order valence-electron chi connectivity index (χ2n) is 5.19. The zero-order chi connectivity index (χ0) is 14.9. The van der Waals surface area contributed by atoms with E-state index in [0.29, 0.717) is 18.7 Å². The molecule has 1 aliphatic rings. The zero-order valence-electron chi connectivity index (χ0n) is 11.4. The van der Waals surface area contributed by atoms with Crippen LogP contribution in [0.1, 0.15) is 29.8 Å². The maximum atomic E-state index is 12.5. The van der Waals surface area contributed by atoms with Gasteiger partial charge in [-0.3, -0.25) is 4.79 Å². The summed E-state index contributed by atoms with van der Waals surface area (Å²) in [5, 5.41) is 3.25. The van der Waals surface area contributed by atoms with Gasteiger partial charge in [-0.05, 0) is 38.1 Å². The van der Waals surface area contributed by atoms with Gasteiger partial charge < -0.3 is 10.2 Å². The molecule has 20 heavy (non-hydrogen) atoms. The van der Waals surface area contributed by atoms with Crippen LogP contribution in [0.5, 0.6) is 0 Å². The molecule has 0 saturated carbocycles. The van der Waals surface area contributed by atoms with Gasteiger partial charge in [-0.2, -0.15) is 13.2 Å². The Kier molecular flexibility index (Phi) is 4.04. The van der Waals surface area contributed by atoms with Crippen LogP contribution in [-0.2, 0) is 6.18 Å². The Morgan fingerprint density at radius 2 is 1.85 bits per heavy atom. The number of piperazine rings is 1. The van der Waals surface area contributed by atoms with Crippen molar-refractivity contribution in [2.45, 2.75) is 32.1 Å². The van der Waals surface area contributed by atoms with Crippen molar-refractivity contribution >= 4 is 5.91 Å². The van der Waals surface area contributed by atoms with Crippen molar-refractivity contribution in [1.29, 1.82) is 0 Å². The van der Waals surface area contributed by atoms with E-state index >= 15 is 0 Å². The lowest BCUT2D eigenvalue weighted by atomic mass is 10.1. The number of nitrogens with one attached hydrogen (secondary N) is 1. The van der Waals surface area contributed by atoms with E-state index < -0.39 is 11.7 Å². The number of nitrogens with zero attached hydrogens (tertiary/aromatic N) is 1. The Hall–Kier alpha value is -1.56. The fraction of sp³-hybridized carbons (Fsp3) is 0.500. The van der Waals surface area contributed by atoms with Crippen molar-refractivity contribution in [3.63, 3.8) is 0 Å². The van der Waals surface area contributed by atoms with Crippen molar-refractivity contribution in [2.75, 3.05) is 13.1 Å². The molecule has 1 amide bonds. The number of benzene rings is 1. The van der Waals surface area contributed by atoms with Gasteiger partial charge in [0.2, 0.25) is 0 Å². The fourth-order valence-electron chi connectivity index (χ4n) is 2.27. The zero-order valence-corrected chi connectivity index (χ0v) is 11.4. The summed E-state index contributed by atoms with van der Waals surface area (Å²) in [5.74, 6) is -0.223. The maximum absolute atomic E-state index is 12.5. The van der Waals surface area contributed by atoms with E-state index in [0.717, 1.165) is 12.1 Å². The normalized spacial score (nSPS) is 23.8. The molecule has 0 bridgehead atoms. The summed E-state index contributed by atoms with van der Waals surface area (Å²) in [7, 11) is 0. The Morgan fingerprint density at radius 1 is 1.25 bits per heavy atom. The monoisotopic (exact) mass is 286 g/mol. The Balaban J connectivity index is 2.16. The highest BCUT2D eigenvalue weighted by molar-refractivity contribution is 5.94. The minimum Gasteiger partial charge on any atom is -0.333 e. The van der Waals surface area contributed by atoms with Gasteiger partial charge in [-0.15, -0.1) is 0 Å². The third-order valence-corrected chi connectivity index (χ3v) is 3.48. The molecule has 0 spiro atoms. The lowest BCUT2D eigenvalue weighted by Gasteiger charge is -2.37. The van der Waals surface area contributed by atoms with E-state index in [1.807, 2.05) is 13.8 Å². The van der Waals surface area contributed by atoms with E-state index in [2.05, 4.69) is 5.32 Å². The number of carbonyl (C=O) groups excluding carboxylic acids is 1. The van der Waals surface area contributed by atoms with Crippen LogP contribution in [-0.4, -0.2) is 36.0 Å². The average Bonchev–Trinajstić information content (AvgIpc) is 2.40. The van der Waals surface area contributed by atoms with Crippen LogP contribution in [0.3, 0.4) is 0 Å². The molecule has 1 aromatic rings. The minimum atomic E-state index is -4.38. The van der Waals surface area contributed by atoms with Gasteiger partial charge in [-0.25, -0.2) is 0 Å². The molecule has 1 aromatic carbocycles. The van der Waals surface area contributed by atoms with Crippen LogP contribution in [0.25, 0.3) is 0 Å². The number of rotatable bonds is 1. The van der Waals surface area contributed by atoms with Crippen molar-refractivity contribution in [1.82, 2.24) is 10.2 Å². The number of carbonyl (C=O) groups is 1. The molecule has 6 heteroatoms. The minimum absolute atomic E-state index is 0.0287. The Morgan fingerprint density at radius 3 is 2.40 bits per heavy atom. The number of alkyl halides is 3. The first-order valence-electron chi connectivity index (χ1n) is 6.50. The Labute approximate surface area is 115 Å². The van der Waals surface area contributed by atoms with Crippen LogP contribution in [0.4, 0.5) is 13.2 Å². The molecule has 0 aromatic heterocycles. The first-order valence-corrected chi connectivity index (χ1v) is 6.50. The molecule has 2 rings (SSSR count). The molecule has 3 nitrogen and oxygen atoms in total. The van der Waals surface area contributed by atoms with Gasteiger partial charge in [0.05, 0.1) is 5.56 Å². The lowest BCUT2D eigenvalue weighted by Crippen LogP contribution is -2.56. The van der Waals surface area contributed by atoms with Crippen molar-refractivity contribution in [3.05, 3.63) is 35.4 Å². The standard InChI is InChI=1S/C14H17F3N2O/c1-9-8-19(10(2)7-18-9)13(20)11-3-5-12(6-4-11)14(15,16)17/h3-6,9-10,18H,7-8H2,1-2H3. The molecule has 1 saturated heterocycles. The molecule has 1 fully saturated rings. The van der Waals surface area contributed by atoms with E-state index in [-0.39, 0.29) is 18.0 Å². The smallest absolute Gasteiger partial charge is 0.333 e. The summed E-state index contributed by atoms with van der Waals surface area (Å²) in [6.07, 6.45) is -4.38. The van der Waals surface area contributed by atoms with E-state index in [9.17, 15) is 18.0 Å². The van der Waals surface area contributed by atoms with Crippen LogP contribution in [0, 0.1) is 0 Å². The molecule has 110 valence electrons. The van der Waals surface area contributed by atoms with E-state index in [1.165, 1.54) is 12.1 Å². The van der Waals surface area contributed by atoms with E-state index in [4.69, 9.17) is 0 Å². The third-order valence-electron chi connectivity index (χ3n) is 3.48. The number of amides is 1. The molecule has 1 heterocycles. The van der Waals surface area contributed by atoms with Crippen LogP contribution >= 0.6 is 0 Å². The van der Waals surface area contributed by atoms with Crippen LogP contribution in [0.2, 0.25) is 0 Å². The summed E-state index contributed by atoms with van der Waals surface area (Å²) in [5.41, 5.74) is -0.449. The number of hydrogen-bond donors (Lipinski definition) is 1. The van der Waals surface area contributed by atoms with Crippen molar-refractivity contribution < 1.29 is 18.0 Å². The fourth-order valence-corrected chi connectivity index (χ4v) is 2.27. The summed E-state index contributed by atoms with van der Waals surface area (Å²) >= 11 is 0. The van der Waals surface area contributed by atoms with Crippen molar-refractivity contribution in [3.8, 4) is 0 Å². The second kappa shape index (κ2) is 5.44. The lowest BCUT2D eigenvalue weighted by molar-refractivity contribution is -0.137. The highest BCUT2D eigenvalue weighted by Gasteiger charge is 2.31. The molecular weight excluding hydrogens is 269 g/mol. The number of hydrogen-bond acceptors (Lipinski definition) is 2. The molecule has 1 N–H and O–H groups in total. The Bertz CT molecular complexity index is 484. The summed E-state index contributed by atoms with van der Waals surface area (Å²) < 4.78 is 37.5. The topological polar surface area (TPSA) is 32.3 Å². The van der Waals surface area contributed by atoms with Crippen molar-refractivity contribution in [2.24, 2.45) is 0 Å². The summed E-state index contributed by atoms with van der Waals surface area (Å²) in [6, 6.07) is 4.59. The molecule has 0 radical (unpaired) electrons. The first-order chi connectivity index (χ1) is 9.29. The predicted octanol–water partition coefficient (Wildman–Crippen LogP) is 2.53. The summed E-state index contributed by atoms with van der Waals surface area (Å²) in [6.45, 7) is 5.13. The van der Waals surface area contributed by atoms with E-state index in [1.54, 1.807) is 4.90 Å². The third kappa shape index (κ3) is 3.12. The van der Waals surface area contributed by atoms with Gasteiger partial charge in [0.25, 0.3) is 5.91 Å². The second-order valence-corrected chi connectivity index (χ2v) is 5.19. The quantitative estimate of drug-likeness (QED) is 0.860. The van der Waals surface area contributed by atoms with Gasteiger partial charge in [0.15, 0.2) is 0 Å². The molecule has 2 unspecified atom stereocenters. The average molecular weight is 286 g/mol. The van der Waals surface area contributed by atoms with Crippen LogP contribution in [0.15, 0.2) is 24.3 Å². The van der Waals surface area contributed by atoms with Gasteiger partial charge in [0, 0.05) is 30.7 Å². The first kappa shape index (κ1) is 14.8. The van der Waals surface area contributed by atoms with Gasteiger partial charge in [-0.1, -0.05) is 0 Å². The maximum Gasteiger partial charge on any atom is 0.416 e. The highest BCUT2D eigenvalue weighted by atomic mass is 19.4. The van der Waals surface area contributed by atoms with Gasteiger partial charge >= 0.3 is 6.18 Å². The predicted molar refractivity (Wildman–Crippen MR) is 69.4 cm³/mol. The van der Waals surface area contributed by atoms with Crippen LogP contribution < -0.4 is 5.32 Å². The largest absolute Gasteiger partial charge is 0.416 e. The molecular formula is C14H17F3N2O. The van der Waals surface area contributed by atoms with Gasteiger partial charge in [0.1, 0.15) is 0 Å².